The number of carbonyl (C=O) groups excluding carboxylic acids is 2. The summed E-state index contributed by atoms with van der Waals surface area (Å²) in [6.07, 6.45) is 1.56. The van der Waals surface area contributed by atoms with Crippen molar-refractivity contribution in [2.24, 2.45) is 0 Å². The lowest BCUT2D eigenvalue weighted by atomic mass is 10.1. The number of aromatic nitrogens is 1. The molecular formula is C28H24F3N3O4S3. The van der Waals surface area contributed by atoms with Crippen molar-refractivity contribution >= 4 is 62.7 Å². The van der Waals surface area contributed by atoms with Crippen LogP contribution in [0.5, 0.6) is 11.5 Å². The second-order valence-electron chi connectivity index (χ2n) is 9.31. The standard InChI is InChI=1S/C28H24F3N3O4S3/c29-28(30,31)19-6-4-5-17(11-19)12-20-15-32-26(40-20)33-24(35)7-2-1-3-10-34-25(36)23(41-27(34)39)14-18-8-9-21-22(13-18)38-16-37-21/h4-6,8-9,11,13-15H,1-3,7,10,12,16H2,(H,32,33,35). The fourth-order valence-corrected chi connectivity index (χ4v) is 6.44. The number of thioether (sulfide) groups is 1. The van der Waals surface area contributed by atoms with E-state index < -0.39 is 11.7 Å². The van der Waals surface area contributed by atoms with E-state index in [0.29, 0.717) is 57.2 Å². The summed E-state index contributed by atoms with van der Waals surface area (Å²) in [7, 11) is 0. The first-order valence-electron chi connectivity index (χ1n) is 12.7. The molecule has 7 nitrogen and oxygen atoms in total. The predicted octanol–water partition coefficient (Wildman–Crippen LogP) is 6.88. The number of unbranched alkanes of at least 4 members (excludes halogenated alkanes) is 2. The van der Waals surface area contributed by atoms with Crippen LogP contribution in [-0.2, 0) is 22.2 Å². The van der Waals surface area contributed by atoms with Gasteiger partial charge in [0.05, 0.1) is 10.5 Å². The van der Waals surface area contributed by atoms with Crippen LogP contribution in [-0.4, -0.2) is 39.4 Å². The van der Waals surface area contributed by atoms with E-state index in [0.717, 1.165) is 29.0 Å². The summed E-state index contributed by atoms with van der Waals surface area (Å²) < 4.78 is 50.1. The highest BCUT2D eigenvalue weighted by molar-refractivity contribution is 8.26. The van der Waals surface area contributed by atoms with Crippen molar-refractivity contribution in [3.05, 3.63) is 75.1 Å². The smallest absolute Gasteiger partial charge is 0.416 e. The number of fused-ring (bicyclic) bond motifs is 1. The number of alkyl halides is 3. The average Bonchev–Trinajstić information content (AvgIpc) is 3.64. The van der Waals surface area contributed by atoms with Gasteiger partial charge in [0.1, 0.15) is 4.32 Å². The van der Waals surface area contributed by atoms with Gasteiger partial charge in [0.2, 0.25) is 12.7 Å². The highest BCUT2D eigenvalue weighted by atomic mass is 32.2. The molecule has 0 saturated carbocycles. The van der Waals surface area contributed by atoms with Gasteiger partial charge in [-0.3, -0.25) is 14.5 Å². The minimum atomic E-state index is -4.40. The number of anilines is 1. The predicted molar refractivity (Wildman–Crippen MR) is 156 cm³/mol. The number of nitrogens with zero attached hydrogens (tertiary/aromatic N) is 2. The molecule has 3 heterocycles. The lowest BCUT2D eigenvalue weighted by Crippen LogP contribution is -2.29. The molecule has 2 amide bonds. The fraction of sp³-hybridized carbons (Fsp3) is 0.286. The van der Waals surface area contributed by atoms with Gasteiger partial charge in [-0.05, 0) is 48.2 Å². The highest BCUT2D eigenvalue weighted by Crippen LogP contribution is 2.36. The van der Waals surface area contributed by atoms with E-state index >= 15 is 0 Å². The Kier molecular flexibility index (Phi) is 8.95. The molecule has 0 radical (unpaired) electrons. The molecule has 0 atom stereocenters. The summed E-state index contributed by atoms with van der Waals surface area (Å²) >= 11 is 7.91. The molecule has 5 rings (SSSR count). The largest absolute Gasteiger partial charge is 0.454 e. The van der Waals surface area contributed by atoms with Crippen LogP contribution in [0.1, 0.15) is 47.3 Å². The Bertz CT molecular complexity index is 1510. The van der Waals surface area contributed by atoms with Crippen LogP contribution >= 0.6 is 35.3 Å². The zero-order valence-corrected chi connectivity index (χ0v) is 24.0. The molecule has 3 aromatic rings. The maximum Gasteiger partial charge on any atom is 0.416 e. The number of amides is 2. The van der Waals surface area contributed by atoms with E-state index in [1.807, 2.05) is 12.1 Å². The number of thiazole rings is 1. The summed E-state index contributed by atoms with van der Waals surface area (Å²) in [6, 6.07) is 10.6. The molecule has 1 N–H and O–H groups in total. The molecule has 41 heavy (non-hydrogen) atoms. The van der Waals surface area contributed by atoms with E-state index in [2.05, 4.69) is 10.3 Å². The number of benzene rings is 2. The Balaban J connectivity index is 1.03. The number of halogens is 3. The molecule has 13 heteroatoms. The van der Waals surface area contributed by atoms with Gasteiger partial charge in [0.25, 0.3) is 5.91 Å². The van der Waals surface area contributed by atoms with Crippen LogP contribution in [0.25, 0.3) is 6.08 Å². The minimum Gasteiger partial charge on any atom is -0.454 e. The Hall–Kier alpha value is -3.42. The van der Waals surface area contributed by atoms with Gasteiger partial charge in [-0.2, -0.15) is 13.2 Å². The van der Waals surface area contributed by atoms with Crippen LogP contribution in [0.3, 0.4) is 0 Å². The van der Waals surface area contributed by atoms with Crippen LogP contribution < -0.4 is 14.8 Å². The summed E-state index contributed by atoms with van der Waals surface area (Å²) in [4.78, 5) is 32.3. The van der Waals surface area contributed by atoms with Crippen molar-refractivity contribution in [3.63, 3.8) is 0 Å². The number of rotatable bonds is 10. The first kappa shape index (κ1) is 29.1. The molecular weight excluding hydrogens is 596 g/mol. The van der Waals surface area contributed by atoms with Gasteiger partial charge in [0, 0.05) is 30.5 Å². The van der Waals surface area contributed by atoms with Gasteiger partial charge in [-0.1, -0.05) is 54.7 Å². The zero-order chi connectivity index (χ0) is 29.0. The number of hydrogen-bond acceptors (Lipinski definition) is 8. The molecule has 2 aromatic carbocycles. The molecule has 0 bridgehead atoms. The summed E-state index contributed by atoms with van der Waals surface area (Å²) in [5.41, 5.74) is 0.649. The van der Waals surface area contributed by atoms with Gasteiger partial charge in [-0.25, -0.2) is 4.98 Å². The third-order valence-electron chi connectivity index (χ3n) is 6.29. The first-order valence-corrected chi connectivity index (χ1v) is 14.8. The molecule has 1 fully saturated rings. The van der Waals surface area contributed by atoms with Crippen molar-refractivity contribution in [1.29, 1.82) is 0 Å². The quantitative estimate of drug-likeness (QED) is 0.151. The topological polar surface area (TPSA) is 80.8 Å². The number of hydrogen-bond donors (Lipinski definition) is 1. The fourth-order valence-electron chi connectivity index (χ4n) is 4.27. The normalized spacial score (nSPS) is 15.7. The van der Waals surface area contributed by atoms with E-state index in [4.69, 9.17) is 21.7 Å². The second kappa shape index (κ2) is 12.6. The van der Waals surface area contributed by atoms with E-state index in [9.17, 15) is 22.8 Å². The zero-order valence-electron chi connectivity index (χ0n) is 21.5. The van der Waals surface area contributed by atoms with Gasteiger partial charge < -0.3 is 14.8 Å². The number of carbonyl (C=O) groups is 2. The van der Waals surface area contributed by atoms with Crippen molar-refractivity contribution in [3.8, 4) is 11.5 Å². The molecule has 214 valence electrons. The van der Waals surface area contributed by atoms with Gasteiger partial charge >= 0.3 is 6.18 Å². The molecule has 0 unspecified atom stereocenters. The van der Waals surface area contributed by atoms with Crippen molar-refractivity contribution in [2.75, 3.05) is 18.7 Å². The van der Waals surface area contributed by atoms with E-state index in [1.165, 1.54) is 29.2 Å². The SMILES string of the molecule is O=C(CCCCCN1C(=O)C(=Cc2ccc3c(c2)OCO3)SC1=S)Nc1ncc(Cc2cccc(C(F)(F)F)c2)s1. The molecule has 0 aliphatic carbocycles. The van der Waals surface area contributed by atoms with Gasteiger partial charge in [0.15, 0.2) is 16.6 Å². The maximum atomic E-state index is 12.9. The Morgan fingerprint density at radius 1 is 1.12 bits per heavy atom. The Morgan fingerprint density at radius 2 is 1.95 bits per heavy atom. The van der Waals surface area contributed by atoms with E-state index in [-0.39, 0.29) is 25.0 Å². The Labute approximate surface area is 247 Å². The van der Waals surface area contributed by atoms with Gasteiger partial charge in [-0.15, -0.1) is 11.3 Å². The lowest BCUT2D eigenvalue weighted by molar-refractivity contribution is -0.137. The highest BCUT2D eigenvalue weighted by Gasteiger charge is 2.32. The summed E-state index contributed by atoms with van der Waals surface area (Å²) in [6.45, 7) is 0.650. The van der Waals surface area contributed by atoms with Crippen LogP contribution in [0.2, 0.25) is 0 Å². The van der Waals surface area contributed by atoms with Crippen molar-refractivity contribution in [2.45, 2.75) is 38.3 Å². The van der Waals surface area contributed by atoms with Crippen LogP contribution in [0.4, 0.5) is 18.3 Å². The minimum absolute atomic E-state index is 0.139. The first-order chi connectivity index (χ1) is 19.7. The summed E-state index contributed by atoms with van der Waals surface area (Å²) in [5.74, 6) is 0.986. The molecule has 2 aliphatic heterocycles. The third-order valence-corrected chi connectivity index (χ3v) is 8.58. The molecule has 2 aliphatic rings. The lowest BCUT2D eigenvalue weighted by Gasteiger charge is -2.14. The van der Waals surface area contributed by atoms with Crippen LogP contribution in [0, 0.1) is 0 Å². The van der Waals surface area contributed by atoms with E-state index in [1.54, 1.807) is 29.3 Å². The molecule has 0 spiro atoms. The molecule has 1 saturated heterocycles. The second-order valence-corrected chi connectivity index (χ2v) is 12.1. The monoisotopic (exact) mass is 619 g/mol. The maximum absolute atomic E-state index is 12.9. The number of nitrogens with one attached hydrogen (secondary N) is 1. The van der Waals surface area contributed by atoms with Crippen molar-refractivity contribution in [1.82, 2.24) is 9.88 Å². The summed E-state index contributed by atoms with van der Waals surface area (Å²) in [5, 5.41) is 3.16. The Morgan fingerprint density at radius 3 is 2.78 bits per heavy atom. The number of thiocarbonyl (C=S) groups is 1. The average molecular weight is 620 g/mol. The third kappa shape index (κ3) is 7.46. The number of ether oxygens (including phenoxy) is 2. The molecule has 1 aromatic heterocycles. The van der Waals surface area contributed by atoms with Crippen molar-refractivity contribution < 1.29 is 32.2 Å². The van der Waals surface area contributed by atoms with Crippen LogP contribution in [0.15, 0.2) is 53.6 Å².